The van der Waals surface area contributed by atoms with Gasteiger partial charge in [0.15, 0.2) is 0 Å². The third-order valence-corrected chi connectivity index (χ3v) is 4.74. The van der Waals surface area contributed by atoms with Gasteiger partial charge in [-0.05, 0) is 35.4 Å². The van der Waals surface area contributed by atoms with Crippen LogP contribution in [-0.2, 0) is 15.7 Å². The number of carboxylic acid groups (broad SMARTS) is 1. The van der Waals surface area contributed by atoms with Gasteiger partial charge in [-0.2, -0.15) is 13.2 Å². The predicted molar refractivity (Wildman–Crippen MR) is 95.1 cm³/mol. The number of methoxy groups -OCH3 is 1. The number of halogens is 3. The van der Waals surface area contributed by atoms with Gasteiger partial charge in [-0.3, -0.25) is 9.69 Å². The minimum atomic E-state index is -4.46. The molecule has 8 heteroatoms. The molecule has 2 aromatic carbocycles. The van der Waals surface area contributed by atoms with Crippen LogP contribution in [-0.4, -0.2) is 42.8 Å². The van der Waals surface area contributed by atoms with E-state index in [-0.39, 0.29) is 6.10 Å². The van der Waals surface area contributed by atoms with Crippen LogP contribution in [0, 0.1) is 0 Å². The molecule has 3 rings (SSSR count). The number of carbonyl (C=O) groups is 1. The average Bonchev–Trinajstić information content (AvgIpc) is 2.68. The molecule has 1 saturated heterocycles. The van der Waals surface area contributed by atoms with Crippen molar-refractivity contribution < 1.29 is 32.5 Å². The van der Waals surface area contributed by atoms with Crippen molar-refractivity contribution in [1.29, 1.82) is 0 Å². The van der Waals surface area contributed by atoms with Crippen LogP contribution in [0.3, 0.4) is 0 Å². The third-order valence-electron chi connectivity index (χ3n) is 4.74. The average molecular weight is 395 g/mol. The summed E-state index contributed by atoms with van der Waals surface area (Å²) < 4.78 is 49.2. The lowest BCUT2D eigenvalue weighted by molar-refractivity contribution is -0.147. The number of hydrogen-bond donors (Lipinski definition) is 1. The maximum atomic E-state index is 12.8. The van der Waals surface area contributed by atoms with Crippen molar-refractivity contribution in [2.75, 3.05) is 26.8 Å². The van der Waals surface area contributed by atoms with E-state index in [1.807, 2.05) is 12.1 Å². The SMILES string of the molecule is COc1ccc(C2CN(C(C(=O)O)c3ccc(C(F)(F)F)cc3)CCO2)cc1. The molecule has 1 N–H and O–H groups in total. The van der Waals surface area contributed by atoms with E-state index in [0.717, 1.165) is 17.7 Å². The first-order chi connectivity index (χ1) is 13.3. The Labute approximate surface area is 160 Å². The normalized spacial score (nSPS) is 19.2. The first kappa shape index (κ1) is 20.2. The molecule has 1 aliphatic heterocycles. The molecule has 0 spiro atoms. The fraction of sp³-hybridized carbons (Fsp3) is 0.350. The number of carboxylic acids is 1. The van der Waals surface area contributed by atoms with Gasteiger partial charge in [0.05, 0.1) is 25.4 Å². The minimum Gasteiger partial charge on any atom is -0.497 e. The van der Waals surface area contributed by atoms with E-state index in [9.17, 15) is 23.1 Å². The van der Waals surface area contributed by atoms with E-state index in [0.29, 0.717) is 31.0 Å². The monoisotopic (exact) mass is 395 g/mol. The lowest BCUT2D eigenvalue weighted by Crippen LogP contribution is -2.43. The Morgan fingerprint density at radius 3 is 2.36 bits per heavy atom. The fourth-order valence-corrected chi connectivity index (χ4v) is 3.29. The van der Waals surface area contributed by atoms with Crippen molar-refractivity contribution in [3.8, 4) is 5.75 Å². The number of ether oxygens (including phenoxy) is 2. The summed E-state index contributed by atoms with van der Waals surface area (Å²) in [7, 11) is 1.56. The molecule has 0 radical (unpaired) electrons. The lowest BCUT2D eigenvalue weighted by atomic mass is 10.0. The quantitative estimate of drug-likeness (QED) is 0.832. The summed E-state index contributed by atoms with van der Waals surface area (Å²) in [4.78, 5) is 13.6. The Bertz CT molecular complexity index is 806. The van der Waals surface area contributed by atoms with Crippen LogP contribution in [0.25, 0.3) is 0 Å². The van der Waals surface area contributed by atoms with Gasteiger partial charge in [-0.25, -0.2) is 0 Å². The van der Waals surface area contributed by atoms with Crippen molar-refractivity contribution in [3.05, 3.63) is 65.2 Å². The summed E-state index contributed by atoms with van der Waals surface area (Å²) in [6.45, 7) is 0.996. The maximum Gasteiger partial charge on any atom is 0.416 e. The summed E-state index contributed by atoms with van der Waals surface area (Å²) in [5.41, 5.74) is 0.372. The van der Waals surface area contributed by atoms with Crippen LogP contribution in [0.1, 0.15) is 28.8 Å². The smallest absolute Gasteiger partial charge is 0.416 e. The fourth-order valence-electron chi connectivity index (χ4n) is 3.29. The van der Waals surface area contributed by atoms with Gasteiger partial charge < -0.3 is 14.6 Å². The van der Waals surface area contributed by atoms with Gasteiger partial charge in [0, 0.05) is 13.1 Å². The number of alkyl halides is 3. The van der Waals surface area contributed by atoms with Crippen LogP contribution >= 0.6 is 0 Å². The molecule has 0 amide bonds. The molecule has 2 atom stereocenters. The summed E-state index contributed by atoms with van der Waals surface area (Å²) in [5.74, 6) is -0.417. The highest BCUT2D eigenvalue weighted by molar-refractivity contribution is 5.75. The zero-order valence-corrected chi connectivity index (χ0v) is 15.1. The zero-order chi connectivity index (χ0) is 20.3. The highest BCUT2D eigenvalue weighted by Gasteiger charge is 2.34. The molecule has 28 heavy (non-hydrogen) atoms. The van der Waals surface area contributed by atoms with Gasteiger partial charge in [0.25, 0.3) is 0 Å². The van der Waals surface area contributed by atoms with Gasteiger partial charge in [-0.1, -0.05) is 24.3 Å². The van der Waals surface area contributed by atoms with Crippen molar-refractivity contribution in [3.63, 3.8) is 0 Å². The Morgan fingerprint density at radius 1 is 1.18 bits per heavy atom. The molecular formula is C20H20F3NO4. The molecule has 0 aromatic heterocycles. The topological polar surface area (TPSA) is 59.0 Å². The number of nitrogens with zero attached hydrogens (tertiary/aromatic N) is 1. The van der Waals surface area contributed by atoms with E-state index < -0.39 is 23.8 Å². The van der Waals surface area contributed by atoms with Crippen molar-refractivity contribution in [2.45, 2.75) is 18.3 Å². The zero-order valence-electron chi connectivity index (χ0n) is 15.1. The van der Waals surface area contributed by atoms with Gasteiger partial charge in [0.1, 0.15) is 11.8 Å². The Hall–Kier alpha value is -2.58. The Morgan fingerprint density at radius 2 is 1.82 bits per heavy atom. The van der Waals surface area contributed by atoms with Gasteiger partial charge in [-0.15, -0.1) is 0 Å². The first-order valence-electron chi connectivity index (χ1n) is 8.69. The maximum absolute atomic E-state index is 12.8. The molecule has 1 aliphatic rings. The number of hydrogen-bond acceptors (Lipinski definition) is 4. The van der Waals surface area contributed by atoms with Crippen molar-refractivity contribution in [2.24, 2.45) is 0 Å². The van der Waals surface area contributed by atoms with Crippen molar-refractivity contribution in [1.82, 2.24) is 4.90 Å². The van der Waals surface area contributed by atoms with Crippen LogP contribution in [0.2, 0.25) is 0 Å². The summed E-state index contributed by atoms with van der Waals surface area (Å²) in [5, 5.41) is 9.71. The molecule has 5 nitrogen and oxygen atoms in total. The molecule has 2 unspecified atom stereocenters. The van der Waals surface area contributed by atoms with Crippen molar-refractivity contribution >= 4 is 5.97 Å². The summed E-state index contributed by atoms with van der Waals surface area (Å²) in [6, 6.07) is 10.5. The molecule has 1 fully saturated rings. The van der Waals surface area contributed by atoms with Crippen LogP contribution < -0.4 is 4.74 Å². The van der Waals surface area contributed by atoms with E-state index in [4.69, 9.17) is 9.47 Å². The number of aliphatic carboxylic acids is 1. The second kappa shape index (κ2) is 8.20. The number of rotatable bonds is 5. The lowest BCUT2D eigenvalue weighted by Gasteiger charge is -2.36. The molecule has 1 heterocycles. The Balaban J connectivity index is 1.80. The number of benzene rings is 2. The predicted octanol–water partition coefficient (Wildman–Crippen LogP) is 3.91. The van der Waals surface area contributed by atoms with Gasteiger partial charge >= 0.3 is 12.1 Å². The standard InChI is InChI=1S/C20H20F3NO4/c1-27-16-8-4-13(5-9-16)17-12-24(10-11-28-17)18(19(25)26)14-2-6-15(7-3-14)20(21,22)23/h2-9,17-18H,10-12H2,1H3,(H,25,26). The van der Waals surface area contributed by atoms with E-state index in [1.54, 1.807) is 24.1 Å². The first-order valence-corrected chi connectivity index (χ1v) is 8.69. The largest absolute Gasteiger partial charge is 0.497 e. The molecule has 0 saturated carbocycles. The van der Waals surface area contributed by atoms with Crippen LogP contribution in [0.5, 0.6) is 5.75 Å². The second-order valence-electron chi connectivity index (χ2n) is 6.49. The molecule has 150 valence electrons. The highest BCUT2D eigenvalue weighted by atomic mass is 19.4. The molecular weight excluding hydrogens is 375 g/mol. The summed E-state index contributed by atoms with van der Waals surface area (Å²) >= 11 is 0. The molecule has 0 aliphatic carbocycles. The van der Waals surface area contributed by atoms with Crippen LogP contribution in [0.15, 0.2) is 48.5 Å². The van der Waals surface area contributed by atoms with E-state index in [2.05, 4.69) is 0 Å². The summed E-state index contributed by atoms with van der Waals surface area (Å²) in [6.07, 6.45) is -4.80. The van der Waals surface area contributed by atoms with Crippen LogP contribution in [0.4, 0.5) is 13.2 Å². The van der Waals surface area contributed by atoms with E-state index in [1.165, 1.54) is 12.1 Å². The highest BCUT2D eigenvalue weighted by Crippen LogP contribution is 2.33. The minimum absolute atomic E-state index is 0.302. The molecule has 2 aromatic rings. The number of morpholine rings is 1. The second-order valence-corrected chi connectivity index (χ2v) is 6.49. The molecule has 0 bridgehead atoms. The Kier molecular flexibility index (Phi) is 5.90. The van der Waals surface area contributed by atoms with E-state index >= 15 is 0 Å². The van der Waals surface area contributed by atoms with Gasteiger partial charge in [0.2, 0.25) is 0 Å². The third kappa shape index (κ3) is 4.45.